The molecule has 0 amide bonds. The minimum atomic E-state index is -0.322. The van der Waals surface area contributed by atoms with Gasteiger partial charge in [-0.3, -0.25) is 5.43 Å². The average molecular weight is 467 g/mol. The number of nitrogens with zero attached hydrogens (tertiary/aromatic N) is 3. The van der Waals surface area contributed by atoms with E-state index < -0.39 is 0 Å². The highest BCUT2D eigenvalue weighted by atomic mass is 32.1. The van der Waals surface area contributed by atoms with Gasteiger partial charge in [0.2, 0.25) is 0 Å². The molecule has 0 aliphatic carbocycles. The van der Waals surface area contributed by atoms with Crippen molar-refractivity contribution >= 4 is 39.6 Å². The fourth-order valence-electron chi connectivity index (χ4n) is 4.26. The zero-order valence-electron chi connectivity index (χ0n) is 19.8. The first kappa shape index (κ1) is 22.9. The number of fused-ring (bicyclic) bond motifs is 1. The number of rotatable bonds is 4. The van der Waals surface area contributed by atoms with E-state index in [-0.39, 0.29) is 23.0 Å². The van der Waals surface area contributed by atoms with Crippen LogP contribution in [0.15, 0.2) is 41.6 Å². The Hall–Kier alpha value is -3.26. The average Bonchev–Trinajstić information content (AvgIpc) is 3.18. The van der Waals surface area contributed by atoms with Gasteiger partial charge in [-0.05, 0) is 43.5 Å². The number of thiocarbonyl (C=S) groups is 1. The lowest BCUT2D eigenvalue weighted by molar-refractivity contribution is 0.416. The SMILES string of the molecule is COc1ccc(N2CC(=S)NN=C2c2cc(C(C)(C)C)c(O)cc2O)c2ccn(C(C)C)c12. The van der Waals surface area contributed by atoms with Crippen LogP contribution in [0.5, 0.6) is 17.2 Å². The van der Waals surface area contributed by atoms with Gasteiger partial charge in [0.15, 0.2) is 5.84 Å². The van der Waals surface area contributed by atoms with E-state index in [1.165, 1.54) is 6.07 Å². The summed E-state index contributed by atoms with van der Waals surface area (Å²) in [6, 6.07) is 9.41. The molecule has 2 heterocycles. The van der Waals surface area contributed by atoms with Crippen molar-refractivity contribution in [3.63, 3.8) is 0 Å². The number of hydrogen-bond acceptors (Lipinski definition) is 6. The fraction of sp³-hybridized carbons (Fsp3) is 0.360. The molecule has 0 unspecified atom stereocenters. The van der Waals surface area contributed by atoms with Gasteiger partial charge in [-0.2, -0.15) is 5.10 Å². The molecule has 8 heteroatoms. The smallest absolute Gasteiger partial charge is 0.164 e. The molecule has 0 saturated heterocycles. The lowest BCUT2D eigenvalue weighted by Gasteiger charge is -2.32. The van der Waals surface area contributed by atoms with Crippen LogP contribution in [-0.2, 0) is 5.41 Å². The van der Waals surface area contributed by atoms with Crippen molar-refractivity contribution in [2.24, 2.45) is 5.10 Å². The summed E-state index contributed by atoms with van der Waals surface area (Å²) >= 11 is 5.45. The van der Waals surface area contributed by atoms with E-state index in [1.54, 1.807) is 13.2 Å². The Morgan fingerprint density at radius 1 is 1.12 bits per heavy atom. The Morgan fingerprint density at radius 2 is 1.85 bits per heavy atom. The molecule has 3 aromatic rings. The highest BCUT2D eigenvalue weighted by molar-refractivity contribution is 7.80. The second-order valence-corrected chi connectivity index (χ2v) is 10.1. The van der Waals surface area contributed by atoms with Gasteiger partial charge in [0, 0.05) is 29.3 Å². The number of hydrogen-bond donors (Lipinski definition) is 3. The van der Waals surface area contributed by atoms with Crippen LogP contribution in [0, 0.1) is 0 Å². The molecule has 0 atom stereocenters. The topological polar surface area (TPSA) is 82.2 Å². The summed E-state index contributed by atoms with van der Waals surface area (Å²) in [6.07, 6.45) is 2.05. The summed E-state index contributed by atoms with van der Waals surface area (Å²) in [5.74, 6) is 1.31. The van der Waals surface area contributed by atoms with Gasteiger partial charge in [-0.25, -0.2) is 0 Å². The first-order valence-electron chi connectivity index (χ1n) is 10.9. The zero-order valence-corrected chi connectivity index (χ0v) is 20.6. The summed E-state index contributed by atoms with van der Waals surface area (Å²) in [6.45, 7) is 10.7. The third kappa shape index (κ3) is 3.99. The molecule has 0 saturated carbocycles. The maximum absolute atomic E-state index is 10.8. The Morgan fingerprint density at radius 3 is 2.48 bits per heavy atom. The van der Waals surface area contributed by atoms with Gasteiger partial charge in [-0.15, -0.1) is 0 Å². The van der Waals surface area contributed by atoms with Crippen molar-refractivity contribution in [3.8, 4) is 17.2 Å². The van der Waals surface area contributed by atoms with Gasteiger partial charge < -0.3 is 24.4 Å². The molecule has 0 radical (unpaired) electrons. The maximum atomic E-state index is 10.8. The number of phenols is 2. The first-order valence-corrected chi connectivity index (χ1v) is 11.3. The summed E-state index contributed by atoms with van der Waals surface area (Å²) in [5.41, 5.74) is 5.70. The molecule has 1 aromatic heterocycles. The molecule has 0 spiro atoms. The van der Waals surface area contributed by atoms with E-state index in [2.05, 4.69) is 41.2 Å². The minimum absolute atomic E-state index is 0.0519. The van der Waals surface area contributed by atoms with Crippen molar-refractivity contribution in [2.45, 2.75) is 46.1 Å². The van der Waals surface area contributed by atoms with Crippen molar-refractivity contribution in [2.75, 3.05) is 18.6 Å². The van der Waals surface area contributed by atoms with E-state index in [9.17, 15) is 10.2 Å². The zero-order chi connectivity index (χ0) is 24.1. The molecule has 7 nitrogen and oxygen atoms in total. The summed E-state index contributed by atoms with van der Waals surface area (Å²) < 4.78 is 7.83. The standard InChI is InChI=1S/C25H30N4O3S/c1-14(2)28-10-9-15-18(7-8-21(32-6)23(15)28)29-13-22(33)26-27-24(29)16-11-17(25(3,4)5)20(31)12-19(16)30/h7-12,14,30-31H,13H2,1-6H3,(H,26,33). The molecule has 0 bridgehead atoms. The van der Waals surface area contributed by atoms with E-state index in [0.717, 1.165) is 27.9 Å². The van der Waals surface area contributed by atoms with E-state index in [4.69, 9.17) is 17.0 Å². The molecule has 33 heavy (non-hydrogen) atoms. The van der Waals surface area contributed by atoms with Crippen LogP contribution in [0.25, 0.3) is 10.9 Å². The molecule has 4 rings (SSSR count). The number of methoxy groups -OCH3 is 1. The quantitative estimate of drug-likeness (QED) is 0.468. The summed E-state index contributed by atoms with van der Waals surface area (Å²) in [5, 5.41) is 26.8. The normalized spacial score (nSPS) is 14.6. The molecule has 2 aromatic carbocycles. The molecule has 174 valence electrons. The van der Waals surface area contributed by atoms with E-state index >= 15 is 0 Å². The molecule has 1 aliphatic rings. The Kier molecular flexibility index (Phi) is 5.74. The summed E-state index contributed by atoms with van der Waals surface area (Å²) in [4.78, 5) is 2.56. The minimum Gasteiger partial charge on any atom is -0.508 e. The molecule has 1 aliphatic heterocycles. The Labute approximate surface area is 199 Å². The molecular formula is C25H30N4O3S. The molecule has 0 fully saturated rings. The number of phenolic OH excluding ortho intramolecular Hbond substituents is 2. The van der Waals surface area contributed by atoms with Gasteiger partial charge >= 0.3 is 0 Å². The number of anilines is 1. The maximum Gasteiger partial charge on any atom is 0.164 e. The van der Waals surface area contributed by atoms with Crippen LogP contribution in [0.1, 0.15) is 51.8 Å². The lowest BCUT2D eigenvalue weighted by atomic mass is 9.85. The predicted molar refractivity (Wildman–Crippen MR) is 137 cm³/mol. The van der Waals surface area contributed by atoms with Crippen molar-refractivity contribution < 1.29 is 14.9 Å². The van der Waals surface area contributed by atoms with Crippen LogP contribution < -0.4 is 15.1 Å². The molecular weight excluding hydrogens is 436 g/mol. The van der Waals surface area contributed by atoms with Crippen molar-refractivity contribution in [3.05, 3.63) is 47.7 Å². The van der Waals surface area contributed by atoms with E-state index in [0.29, 0.717) is 22.9 Å². The van der Waals surface area contributed by atoms with Gasteiger partial charge in [0.25, 0.3) is 0 Å². The van der Waals surface area contributed by atoms with Crippen molar-refractivity contribution in [1.29, 1.82) is 0 Å². The third-order valence-corrected chi connectivity index (χ3v) is 6.11. The highest BCUT2D eigenvalue weighted by Gasteiger charge is 2.29. The predicted octanol–water partition coefficient (Wildman–Crippen LogP) is 5.04. The highest BCUT2D eigenvalue weighted by Crippen LogP contribution is 2.40. The number of nitrogens with one attached hydrogen (secondary N) is 1. The van der Waals surface area contributed by atoms with Gasteiger partial charge in [-0.1, -0.05) is 33.0 Å². The van der Waals surface area contributed by atoms with Gasteiger partial charge in [0.1, 0.15) is 22.2 Å². The number of hydrazone groups is 1. The van der Waals surface area contributed by atoms with Crippen LogP contribution in [0.2, 0.25) is 0 Å². The van der Waals surface area contributed by atoms with Crippen LogP contribution in [0.4, 0.5) is 5.69 Å². The second kappa shape index (κ2) is 8.26. The lowest BCUT2D eigenvalue weighted by Crippen LogP contribution is -2.45. The fourth-order valence-corrected chi connectivity index (χ4v) is 4.43. The second-order valence-electron chi connectivity index (χ2n) is 9.56. The monoisotopic (exact) mass is 466 g/mol. The largest absolute Gasteiger partial charge is 0.508 e. The number of benzene rings is 2. The molecule has 3 N–H and O–H groups in total. The van der Waals surface area contributed by atoms with Gasteiger partial charge in [0.05, 0.1) is 30.4 Å². The number of ether oxygens (including phenoxy) is 1. The third-order valence-electron chi connectivity index (χ3n) is 5.89. The number of aromatic nitrogens is 1. The summed E-state index contributed by atoms with van der Waals surface area (Å²) in [7, 11) is 1.67. The first-order chi connectivity index (χ1) is 15.5. The number of amidine groups is 1. The Balaban J connectivity index is 1.94. The van der Waals surface area contributed by atoms with Crippen LogP contribution in [-0.4, -0.2) is 39.3 Å². The van der Waals surface area contributed by atoms with Crippen LogP contribution >= 0.6 is 12.2 Å². The van der Waals surface area contributed by atoms with Crippen LogP contribution in [0.3, 0.4) is 0 Å². The van der Waals surface area contributed by atoms with E-state index in [1.807, 2.05) is 37.8 Å². The number of aromatic hydroxyl groups is 2. The Bertz CT molecular complexity index is 1270. The van der Waals surface area contributed by atoms with Crippen molar-refractivity contribution in [1.82, 2.24) is 9.99 Å².